The molecule has 0 aromatic heterocycles. The maximum Gasteiger partial charge on any atom is 0.263 e. The Bertz CT molecular complexity index is 1030. The Morgan fingerprint density at radius 1 is 0.794 bits per heavy atom. The molecule has 1 aliphatic heterocycles. The summed E-state index contributed by atoms with van der Waals surface area (Å²) >= 11 is 0. The van der Waals surface area contributed by atoms with Crippen LogP contribution in [0.1, 0.15) is 55.0 Å². The molecular weight excluding hydrogens is 420 g/mol. The fraction of sp³-hybridized carbons (Fsp3) is 0.367. The lowest BCUT2D eigenvalue weighted by Gasteiger charge is -2.40. The van der Waals surface area contributed by atoms with Gasteiger partial charge in [-0.25, -0.2) is 0 Å². The van der Waals surface area contributed by atoms with E-state index in [1.807, 2.05) is 17.9 Å². The molecule has 1 atom stereocenters. The van der Waals surface area contributed by atoms with Crippen molar-refractivity contribution in [3.8, 4) is 5.75 Å². The van der Waals surface area contributed by atoms with Crippen molar-refractivity contribution in [2.45, 2.75) is 45.8 Å². The highest BCUT2D eigenvalue weighted by atomic mass is 16.5. The fourth-order valence-corrected chi connectivity index (χ4v) is 4.80. The van der Waals surface area contributed by atoms with E-state index in [1.54, 1.807) is 0 Å². The third-order valence-corrected chi connectivity index (χ3v) is 6.66. The van der Waals surface area contributed by atoms with Gasteiger partial charge in [0.05, 0.1) is 6.04 Å². The lowest BCUT2D eigenvalue weighted by atomic mass is 9.96. The standard InChI is InChI=1S/C30H36N2O2/c1-22(2)27-16-15-23(3)21-28(27)34-24(4)30(33)32-19-17-31(18-20-32)29(25-11-7-5-8-12-25)26-13-9-6-10-14-26/h5-16,21-22,24,29H,17-20H2,1-4H3/t24-/m0/s1. The maximum atomic E-state index is 13.3. The van der Waals surface area contributed by atoms with E-state index in [2.05, 4.69) is 98.5 Å². The summed E-state index contributed by atoms with van der Waals surface area (Å²) in [6.07, 6.45) is -0.509. The van der Waals surface area contributed by atoms with Gasteiger partial charge in [0.15, 0.2) is 6.10 Å². The summed E-state index contributed by atoms with van der Waals surface area (Å²) in [6, 6.07) is 27.7. The summed E-state index contributed by atoms with van der Waals surface area (Å²) in [5, 5.41) is 0. The van der Waals surface area contributed by atoms with Crippen LogP contribution in [0.5, 0.6) is 5.75 Å². The Hall–Kier alpha value is -3.11. The van der Waals surface area contributed by atoms with Crippen LogP contribution < -0.4 is 4.74 Å². The summed E-state index contributed by atoms with van der Waals surface area (Å²) in [4.78, 5) is 17.7. The summed E-state index contributed by atoms with van der Waals surface area (Å²) < 4.78 is 6.21. The number of benzene rings is 3. The summed E-state index contributed by atoms with van der Waals surface area (Å²) in [5.74, 6) is 1.23. The lowest BCUT2D eigenvalue weighted by molar-refractivity contribution is -0.140. The lowest BCUT2D eigenvalue weighted by Crippen LogP contribution is -2.52. The molecule has 34 heavy (non-hydrogen) atoms. The van der Waals surface area contributed by atoms with Crippen molar-refractivity contribution in [2.75, 3.05) is 26.2 Å². The van der Waals surface area contributed by atoms with Crippen molar-refractivity contribution in [3.05, 3.63) is 101 Å². The Morgan fingerprint density at radius 2 is 1.35 bits per heavy atom. The van der Waals surface area contributed by atoms with Crippen molar-refractivity contribution < 1.29 is 9.53 Å². The molecule has 1 amide bonds. The van der Waals surface area contributed by atoms with Crippen LogP contribution in [-0.4, -0.2) is 48.0 Å². The van der Waals surface area contributed by atoms with Gasteiger partial charge >= 0.3 is 0 Å². The van der Waals surface area contributed by atoms with Crippen LogP contribution in [0, 0.1) is 6.92 Å². The van der Waals surface area contributed by atoms with Gasteiger partial charge in [-0.2, -0.15) is 0 Å². The zero-order chi connectivity index (χ0) is 24.1. The Kier molecular flexibility index (Phi) is 7.69. The monoisotopic (exact) mass is 456 g/mol. The molecule has 1 aliphatic rings. The zero-order valence-corrected chi connectivity index (χ0v) is 20.8. The minimum atomic E-state index is -0.509. The van der Waals surface area contributed by atoms with Gasteiger partial charge in [0.25, 0.3) is 5.91 Å². The van der Waals surface area contributed by atoms with Crippen molar-refractivity contribution >= 4 is 5.91 Å². The number of hydrogen-bond donors (Lipinski definition) is 0. The Morgan fingerprint density at radius 3 is 1.88 bits per heavy atom. The van der Waals surface area contributed by atoms with Gasteiger partial charge in [-0.3, -0.25) is 9.69 Å². The van der Waals surface area contributed by atoms with Crippen LogP contribution in [0.15, 0.2) is 78.9 Å². The molecule has 0 aliphatic carbocycles. The molecule has 1 heterocycles. The topological polar surface area (TPSA) is 32.8 Å². The first-order valence-corrected chi connectivity index (χ1v) is 12.3. The molecule has 4 rings (SSSR count). The van der Waals surface area contributed by atoms with Crippen molar-refractivity contribution in [1.82, 2.24) is 9.80 Å². The van der Waals surface area contributed by atoms with Gasteiger partial charge in [0.2, 0.25) is 0 Å². The molecule has 4 nitrogen and oxygen atoms in total. The van der Waals surface area contributed by atoms with Crippen LogP contribution >= 0.6 is 0 Å². The van der Waals surface area contributed by atoms with Gasteiger partial charge in [-0.1, -0.05) is 86.6 Å². The van der Waals surface area contributed by atoms with E-state index in [4.69, 9.17) is 4.74 Å². The highest BCUT2D eigenvalue weighted by Crippen LogP contribution is 2.31. The van der Waals surface area contributed by atoms with Crippen molar-refractivity contribution in [1.29, 1.82) is 0 Å². The smallest absolute Gasteiger partial charge is 0.263 e. The molecular formula is C30H36N2O2. The first-order chi connectivity index (χ1) is 16.4. The number of carbonyl (C=O) groups is 1. The largest absolute Gasteiger partial charge is 0.481 e. The molecule has 1 saturated heterocycles. The van der Waals surface area contributed by atoms with Crippen molar-refractivity contribution in [3.63, 3.8) is 0 Å². The molecule has 4 heteroatoms. The van der Waals surface area contributed by atoms with Gasteiger partial charge in [-0.15, -0.1) is 0 Å². The molecule has 1 fully saturated rings. The highest BCUT2D eigenvalue weighted by Gasteiger charge is 2.30. The van der Waals surface area contributed by atoms with E-state index in [9.17, 15) is 4.79 Å². The van der Waals surface area contributed by atoms with E-state index >= 15 is 0 Å². The van der Waals surface area contributed by atoms with E-state index in [0.29, 0.717) is 19.0 Å². The van der Waals surface area contributed by atoms with Crippen LogP contribution in [0.4, 0.5) is 0 Å². The summed E-state index contributed by atoms with van der Waals surface area (Å²) in [6.45, 7) is 11.3. The van der Waals surface area contributed by atoms with E-state index in [-0.39, 0.29) is 11.9 Å². The van der Waals surface area contributed by atoms with Gasteiger partial charge in [0, 0.05) is 26.2 Å². The molecule has 0 unspecified atom stereocenters. The fourth-order valence-electron chi connectivity index (χ4n) is 4.80. The maximum absolute atomic E-state index is 13.3. The normalized spacial score (nSPS) is 15.5. The van der Waals surface area contributed by atoms with Crippen LogP contribution in [-0.2, 0) is 4.79 Å². The van der Waals surface area contributed by atoms with E-state index in [1.165, 1.54) is 11.1 Å². The Labute approximate surface area is 204 Å². The number of hydrogen-bond acceptors (Lipinski definition) is 3. The molecule has 0 bridgehead atoms. The number of carbonyl (C=O) groups excluding carboxylic acids is 1. The third kappa shape index (κ3) is 5.51. The Balaban J connectivity index is 1.44. The van der Waals surface area contributed by atoms with Gasteiger partial charge in [0.1, 0.15) is 5.75 Å². The number of piperazine rings is 1. The highest BCUT2D eigenvalue weighted by molar-refractivity contribution is 5.81. The summed E-state index contributed by atoms with van der Waals surface area (Å²) in [5.41, 5.74) is 4.85. The van der Waals surface area contributed by atoms with Crippen LogP contribution in [0.25, 0.3) is 0 Å². The molecule has 178 valence electrons. The second kappa shape index (κ2) is 10.9. The number of nitrogens with zero attached hydrogens (tertiary/aromatic N) is 2. The minimum Gasteiger partial charge on any atom is -0.481 e. The number of aryl methyl sites for hydroxylation is 1. The molecule has 0 saturated carbocycles. The molecule has 3 aromatic rings. The van der Waals surface area contributed by atoms with Crippen molar-refractivity contribution in [2.24, 2.45) is 0 Å². The zero-order valence-electron chi connectivity index (χ0n) is 20.8. The third-order valence-electron chi connectivity index (χ3n) is 6.66. The minimum absolute atomic E-state index is 0.0619. The SMILES string of the molecule is Cc1ccc(C(C)C)c(O[C@@H](C)C(=O)N2CCN(C(c3ccccc3)c3ccccc3)CC2)c1. The van der Waals surface area contributed by atoms with E-state index in [0.717, 1.165) is 30.0 Å². The second-order valence-electron chi connectivity index (χ2n) is 9.54. The van der Waals surface area contributed by atoms with Crippen LogP contribution in [0.2, 0.25) is 0 Å². The van der Waals surface area contributed by atoms with E-state index < -0.39 is 6.10 Å². The average molecular weight is 457 g/mol. The van der Waals surface area contributed by atoms with Gasteiger partial charge in [-0.05, 0) is 48.1 Å². The number of amides is 1. The predicted molar refractivity (Wildman–Crippen MR) is 138 cm³/mol. The quantitative estimate of drug-likeness (QED) is 0.449. The predicted octanol–water partition coefficient (Wildman–Crippen LogP) is 5.82. The second-order valence-corrected chi connectivity index (χ2v) is 9.54. The van der Waals surface area contributed by atoms with Gasteiger partial charge < -0.3 is 9.64 Å². The number of ether oxygens (including phenoxy) is 1. The first-order valence-electron chi connectivity index (χ1n) is 12.3. The first kappa shape index (κ1) is 24.0. The molecule has 3 aromatic carbocycles. The number of rotatable bonds is 7. The molecule has 0 N–H and O–H groups in total. The molecule has 0 radical (unpaired) electrons. The average Bonchev–Trinajstić information content (AvgIpc) is 2.85. The van der Waals surface area contributed by atoms with Crippen LogP contribution in [0.3, 0.4) is 0 Å². The molecule has 0 spiro atoms. The summed E-state index contributed by atoms with van der Waals surface area (Å²) in [7, 11) is 0.